The fraction of sp³-hybridized carbons (Fsp3) is 0.529. The van der Waals surface area contributed by atoms with Crippen molar-refractivity contribution in [2.45, 2.75) is 50.0 Å². The summed E-state index contributed by atoms with van der Waals surface area (Å²) in [5.74, 6) is -0.860. The number of amides is 2. The average molecular weight is 355 g/mol. The van der Waals surface area contributed by atoms with E-state index in [0.29, 0.717) is 12.1 Å². The molecular formula is C17H20F3N3O2. The lowest BCUT2D eigenvalue weighted by atomic mass is 10.00. The first-order chi connectivity index (χ1) is 11.8. The molecule has 0 saturated carbocycles. The molecule has 3 N–H and O–H groups in total. The summed E-state index contributed by atoms with van der Waals surface area (Å²) in [6, 6.07) is 4.89. The molecule has 2 saturated heterocycles. The smallest absolute Gasteiger partial charge is 0.352 e. The molecule has 0 aliphatic carbocycles. The molecule has 0 aromatic heterocycles. The van der Waals surface area contributed by atoms with Gasteiger partial charge in [-0.15, -0.1) is 0 Å². The van der Waals surface area contributed by atoms with Crippen molar-refractivity contribution < 1.29 is 22.8 Å². The second-order valence-electron chi connectivity index (χ2n) is 6.63. The molecule has 2 unspecified atom stereocenters. The van der Waals surface area contributed by atoms with Crippen LogP contribution in [0, 0.1) is 0 Å². The molecule has 2 bridgehead atoms. The maximum atomic E-state index is 12.5. The highest BCUT2D eigenvalue weighted by Crippen LogP contribution is 2.29. The molecule has 2 aliphatic rings. The zero-order valence-electron chi connectivity index (χ0n) is 13.5. The molecule has 1 aromatic carbocycles. The highest BCUT2D eigenvalue weighted by atomic mass is 19.4. The number of alkyl halides is 3. The molecule has 0 spiro atoms. The summed E-state index contributed by atoms with van der Waals surface area (Å²) in [4.78, 5) is 23.9. The molecule has 3 rings (SSSR count). The Morgan fingerprint density at radius 3 is 2.24 bits per heavy atom. The number of carbonyl (C=O) groups is 2. The lowest BCUT2D eigenvalue weighted by Crippen LogP contribution is -2.50. The van der Waals surface area contributed by atoms with Gasteiger partial charge >= 0.3 is 6.18 Å². The van der Waals surface area contributed by atoms with Crippen molar-refractivity contribution in [2.24, 2.45) is 0 Å². The molecule has 2 heterocycles. The first-order valence-electron chi connectivity index (χ1n) is 8.32. The Labute approximate surface area is 143 Å². The van der Waals surface area contributed by atoms with Crippen LogP contribution in [0.5, 0.6) is 0 Å². The lowest BCUT2D eigenvalue weighted by molar-refractivity contribution is -0.137. The zero-order chi connectivity index (χ0) is 18.0. The minimum atomic E-state index is -4.44. The van der Waals surface area contributed by atoms with Gasteiger partial charge in [0.1, 0.15) is 0 Å². The summed E-state index contributed by atoms with van der Waals surface area (Å²) in [6.45, 7) is -0.195. The van der Waals surface area contributed by atoms with Gasteiger partial charge in [0.2, 0.25) is 5.91 Å². The summed E-state index contributed by atoms with van der Waals surface area (Å²) in [5, 5.41) is 8.83. The van der Waals surface area contributed by atoms with Crippen molar-refractivity contribution in [3.8, 4) is 0 Å². The van der Waals surface area contributed by atoms with Gasteiger partial charge in [-0.05, 0) is 49.9 Å². The van der Waals surface area contributed by atoms with Gasteiger partial charge in [-0.1, -0.05) is 0 Å². The van der Waals surface area contributed by atoms with Gasteiger partial charge in [0.15, 0.2) is 0 Å². The van der Waals surface area contributed by atoms with E-state index in [1.165, 1.54) is 0 Å². The molecule has 5 nitrogen and oxygen atoms in total. The van der Waals surface area contributed by atoms with Gasteiger partial charge < -0.3 is 16.0 Å². The number of benzene rings is 1. The monoisotopic (exact) mass is 355 g/mol. The summed E-state index contributed by atoms with van der Waals surface area (Å²) < 4.78 is 37.5. The minimum absolute atomic E-state index is 0.0840. The molecule has 25 heavy (non-hydrogen) atoms. The molecule has 2 fully saturated rings. The predicted molar refractivity (Wildman–Crippen MR) is 84.9 cm³/mol. The minimum Gasteiger partial charge on any atom is -0.352 e. The van der Waals surface area contributed by atoms with E-state index in [4.69, 9.17) is 0 Å². The molecule has 136 valence electrons. The third-order valence-electron chi connectivity index (χ3n) is 4.72. The van der Waals surface area contributed by atoms with Crippen molar-refractivity contribution in [1.82, 2.24) is 16.0 Å². The van der Waals surface area contributed by atoms with E-state index in [1.807, 2.05) is 0 Å². The van der Waals surface area contributed by atoms with Crippen LogP contribution in [0.1, 0.15) is 41.6 Å². The summed E-state index contributed by atoms with van der Waals surface area (Å²) in [6.07, 6.45) is -0.420. The Morgan fingerprint density at radius 2 is 1.68 bits per heavy atom. The first-order valence-corrected chi connectivity index (χ1v) is 8.32. The van der Waals surface area contributed by atoms with E-state index >= 15 is 0 Å². The van der Waals surface area contributed by atoms with Crippen molar-refractivity contribution in [3.63, 3.8) is 0 Å². The zero-order valence-corrected chi connectivity index (χ0v) is 13.5. The van der Waals surface area contributed by atoms with E-state index in [0.717, 1.165) is 49.9 Å². The van der Waals surface area contributed by atoms with Crippen LogP contribution >= 0.6 is 0 Å². The molecule has 2 aliphatic heterocycles. The standard InChI is InChI=1S/C17H20F3N3O2/c18-17(19,20)11-3-1-10(2-4-11)16(25)21-9-15(24)23-14-7-12-5-6-13(8-14)22-12/h1-4,12-14,22H,5-9H2,(H,21,25)(H,23,24). The summed E-state index contributed by atoms with van der Waals surface area (Å²) in [7, 11) is 0. The molecule has 2 amide bonds. The highest BCUT2D eigenvalue weighted by Gasteiger charge is 2.34. The number of halogens is 3. The van der Waals surface area contributed by atoms with Crippen LogP contribution in [0.15, 0.2) is 24.3 Å². The van der Waals surface area contributed by atoms with Crippen LogP contribution in [0.4, 0.5) is 13.2 Å². The van der Waals surface area contributed by atoms with Crippen LogP contribution in [-0.2, 0) is 11.0 Å². The normalized spacial score (nSPS) is 25.5. The third kappa shape index (κ3) is 4.50. The Morgan fingerprint density at radius 1 is 1.08 bits per heavy atom. The van der Waals surface area contributed by atoms with Crippen molar-refractivity contribution in [3.05, 3.63) is 35.4 Å². The fourth-order valence-electron chi connectivity index (χ4n) is 3.53. The van der Waals surface area contributed by atoms with Crippen LogP contribution < -0.4 is 16.0 Å². The van der Waals surface area contributed by atoms with Gasteiger partial charge in [-0.3, -0.25) is 9.59 Å². The molecule has 8 heteroatoms. The van der Waals surface area contributed by atoms with Crippen LogP contribution in [0.2, 0.25) is 0 Å². The number of carbonyl (C=O) groups excluding carboxylic acids is 2. The van der Waals surface area contributed by atoms with Gasteiger partial charge in [-0.25, -0.2) is 0 Å². The van der Waals surface area contributed by atoms with E-state index < -0.39 is 17.6 Å². The number of nitrogens with one attached hydrogen (secondary N) is 3. The summed E-state index contributed by atoms with van der Waals surface area (Å²) >= 11 is 0. The van der Waals surface area contributed by atoms with E-state index in [1.54, 1.807) is 0 Å². The van der Waals surface area contributed by atoms with E-state index in [2.05, 4.69) is 16.0 Å². The number of rotatable bonds is 4. The largest absolute Gasteiger partial charge is 0.416 e. The Kier molecular flexibility index (Phi) is 4.99. The maximum absolute atomic E-state index is 12.5. The first kappa shape index (κ1) is 17.7. The van der Waals surface area contributed by atoms with Gasteiger partial charge in [0.25, 0.3) is 5.91 Å². The van der Waals surface area contributed by atoms with Gasteiger partial charge in [0, 0.05) is 23.7 Å². The van der Waals surface area contributed by atoms with E-state index in [-0.39, 0.29) is 24.1 Å². The van der Waals surface area contributed by atoms with Crippen LogP contribution in [0.3, 0.4) is 0 Å². The molecular weight excluding hydrogens is 335 g/mol. The Bertz CT molecular complexity index is 634. The molecule has 1 aromatic rings. The SMILES string of the molecule is O=C(CNC(=O)c1ccc(C(F)(F)F)cc1)NC1CC2CCC(C1)N2. The topological polar surface area (TPSA) is 70.2 Å². The number of piperidine rings is 1. The fourth-order valence-corrected chi connectivity index (χ4v) is 3.53. The quantitative estimate of drug-likeness (QED) is 0.772. The Balaban J connectivity index is 1.46. The Hall–Kier alpha value is -2.09. The number of hydrogen-bond acceptors (Lipinski definition) is 3. The van der Waals surface area contributed by atoms with Crippen LogP contribution in [-0.4, -0.2) is 36.5 Å². The summed E-state index contributed by atoms with van der Waals surface area (Å²) in [5.41, 5.74) is -0.733. The maximum Gasteiger partial charge on any atom is 0.416 e. The number of fused-ring (bicyclic) bond motifs is 2. The van der Waals surface area contributed by atoms with Crippen molar-refractivity contribution in [1.29, 1.82) is 0 Å². The molecule has 2 atom stereocenters. The molecule has 0 radical (unpaired) electrons. The van der Waals surface area contributed by atoms with Gasteiger partial charge in [0.05, 0.1) is 12.1 Å². The highest BCUT2D eigenvalue weighted by molar-refractivity contribution is 5.96. The third-order valence-corrected chi connectivity index (χ3v) is 4.72. The second kappa shape index (κ2) is 7.03. The lowest BCUT2D eigenvalue weighted by Gasteiger charge is -2.29. The number of hydrogen-bond donors (Lipinski definition) is 3. The average Bonchev–Trinajstić information content (AvgIpc) is 2.90. The van der Waals surface area contributed by atoms with Crippen molar-refractivity contribution in [2.75, 3.05) is 6.54 Å². The van der Waals surface area contributed by atoms with Crippen LogP contribution in [0.25, 0.3) is 0 Å². The predicted octanol–water partition coefficient (Wildman–Crippen LogP) is 1.83. The van der Waals surface area contributed by atoms with E-state index in [9.17, 15) is 22.8 Å². The van der Waals surface area contributed by atoms with Crippen molar-refractivity contribution >= 4 is 11.8 Å². The van der Waals surface area contributed by atoms with Gasteiger partial charge in [-0.2, -0.15) is 13.2 Å². The second-order valence-corrected chi connectivity index (χ2v) is 6.63.